The maximum absolute atomic E-state index is 11.6. The van der Waals surface area contributed by atoms with Crippen molar-refractivity contribution < 1.29 is 14.3 Å². The van der Waals surface area contributed by atoms with Gasteiger partial charge in [-0.1, -0.05) is 4.49 Å². The fourth-order valence-corrected chi connectivity index (χ4v) is 1.96. The van der Waals surface area contributed by atoms with Gasteiger partial charge in [0, 0.05) is 11.5 Å². The fourth-order valence-electron chi connectivity index (χ4n) is 1.45. The highest BCUT2D eigenvalue weighted by atomic mass is 32.1. The number of rotatable bonds is 6. The quantitative estimate of drug-likeness (QED) is 0.500. The first-order valence-electron chi connectivity index (χ1n) is 6.17. The molecule has 0 saturated heterocycles. The van der Waals surface area contributed by atoms with E-state index in [1.165, 1.54) is 0 Å². The first-order chi connectivity index (χ1) is 10.2. The minimum absolute atomic E-state index is 0.133. The molecule has 2 aromatic rings. The number of aromatic nitrogens is 2. The zero-order chi connectivity index (χ0) is 15.1. The number of carbonyl (C=O) groups is 1. The largest absolute Gasteiger partial charge is 0.497 e. The summed E-state index contributed by atoms with van der Waals surface area (Å²) in [6.07, 6.45) is 1.62. The van der Waals surface area contributed by atoms with Gasteiger partial charge in [0.05, 0.1) is 19.9 Å². The van der Waals surface area contributed by atoms with Crippen LogP contribution in [0.5, 0.6) is 5.75 Å². The summed E-state index contributed by atoms with van der Waals surface area (Å²) in [5.74, 6) is 0.254. The predicted octanol–water partition coefficient (Wildman–Crippen LogP) is 2.17. The van der Waals surface area contributed by atoms with E-state index in [2.05, 4.69) is 20.1 Å². The second-order valence-electron chi connectivity index (χ2n) is 3.81. The Kier molecular flexibility index (Phi) is 5.22. The monoisotopic (exact) mass is 306 g/mol. The lowest BCUT2D eigenvalue weighted by Crippen LogP contribution is -2.07. The fraction of sp³-hybridized carbons (Fsp3) is 0.231. The molecule has 110 valence electrons. The normalized spacial score (nSPS) is 10.6. The van der Waals surface area contributed by atoms with Crippen molar-refractivity contribution in [2.45, 2.75) is 6.92 Å². The molecule has 0 spiro atoms. The molecule has 1 aromatic heterocycles. The first kappa shape index (κ1) is 14.9. The van der Waals surface area contributed by atoms with E-state index >= 15 is 0 Å². The molecule has 2 rings (SSSR count). The smallest absolute Gasteiger partial charge is 0.362 e. The molecule has 0 bridgehead atoms. The molecule has 1 aromatic carbocycles. The third-order valence-corrected chi connectivity index (χ3v) is 3.08. The van der Waals surface area contributed by atoms with E-state index in [9.17, 15) is 4.79 Å². The molecule has 0 aliphatic carbocycles. The van der Waals surface area contributed by atoms with Crippen molar-refractivity contribution in [3.63, 3.8) is 0 Å². The lowest BCUT2D eigenvalue weighted by atomic mass is 10.2. The zero-order valence-corrected chi connectivity index (χ0v) is 12.4. The molecule has 0 fully saturated rings. The number of nitrogens with one attached hydrogen (secondary N) is 1. The molecule has 0 unspecified atom stereocenters. The summed E-state index contributed by atoms with van der Waals surface area (Å²) >= 11 is 1.04. The minimum atomic E-state index is -0.520. The van der Waals surface area contributed by atoms with Gasteiger partial charge < -0.3 is 9.47 Å². The van der Waals surface area contributed by atoms with E-state index < -0.39 is 5.97 Å². The van der Waals surface area contributed by atoms with E-state index in [0.717, 1.165) is 22.8 Å². The third-order valence-electron chi connectivity index (χ3n) is 2.45. The van der Waals surface area contributed by atoms with Crippen LogP contribution in [0.4, 0.5) is 5.00 Å². The Labute approximate surface area is 125 Å². The number of ether oxygens (including phenoxy) is 2. The molecule has 0 atom stereocenters. The van der Waals surface area contributed by atoms with Crippen LogP contribution in [0.1, 0.15) is 23.0 Å². The van der Waals surface area contributed by atoms with Crippen molar-refractivity contribution >= 4 is 28.7 Å². The summed E-state index contributed by atoms with van der Waals surface area (Å²) in [7, 11) is 1.61. The molecule has 0 aliphatic heterocycles. The highest BCUT2D eigenvalue weighted by molar-refractivity contribution is 7.10. The van der Waals surface area contributed by atoms with Crippen molar-refractivity contribution in [1.29, 1.82) is 0 Å². The molecule has 8 heteroatoms. The Morgan fingerprint density at radius 1 is 1.43 bits per heavy atom. The van der Waals surface area contributed by atoms with Crippen molar-refractivity contribution in [2.24, 2.45) is 5.10 Å². The van der Waals surface area contributed by atoms with Gasteiger partial charge in [0.2, 0.25) is 5.69 Å². The third kappa shape index (κ3) is 3.99. The highest BCUT2D eigenvalue weighted by Crippen LogP contribution is 2.18. The maximum Gasteiger partial charge on any atom is 0.362 e. The van der Waals surface area contributed by atoms with Crippen LogP contribution in [0.15, 0.2) is 29.4 Å². The van der Waals surface area contributed by atoms with Gasteiger partial charge in [-0.25, -0.2) is 4.79 Å². The Morgan fingerprint density at radius 2 is 2.19 bits per heavy atom. The van der Waals surface area contributed by atoms with Gasteiger partial charge in [-0.3, -0.25) is 5.43 Å². The number of anilines is 1. The predicted molar refractivity (Wildman–Crippen MR) is 80.1 cm³/mol. The van der Waals surface area contributed by atoms with E-state index in [-0.39, 0.29) is 12.3 Å². The summed E-state index contributed by atoms with van der Waals surface area (Å²) in [5.41, 5.74) is 3.76. The summed E-state index contributed by atoms with van der Waals surface area (Å²) in [5, 5.41) is 8.22. The summed E-state index contributed by atoms with van der Waals surface area (Å²) in [6.45, 7) is 2.01. The topological polar surface area (TPSA) is 85.7 Å². The van der Waals surface area contributed by atoms with E-state index in [1.807, 2.05) is 24.3 Å². The molecular formula is C13H14N4O3S. The molecule has 0 amide bonds. The van der Waals surface area contributed by atoms with Gasteiger partial charge >= 0.3 is 5.97 Å². The van der Waals surface area contributed by atoms with Crippen LogP contribution in [0.25, 0.3) is 0 Å². The number of benzene rings is 1. The Morgan fingerprint density at radius 3 is 2.86 bits per heavy atom. The number of carbonyl (C=O) groups excluding carboxylic acids is 1. The lowest BCUT2D eigenvalue weighted by Gasteiger charge is -2.01. The Balaban J connectivity index is 2.00. The highest BCUT2D eigenvalue weighted by Gasteiger charge is 2.17. The second kappa shape index (κ2) is 7.34. The van der Waals surface area contributed by atoms with Crippen molar-refractivity contribution in [3.05, 3.63) is 35.5 Å². The SMILES string of the molecule is CCOC(=O)c1nnsc1NN=Cc1ccc(OC)cc1. The number of hydrazone groups is 1. The molecule has 0 saturated carbocycles. The molecular weight excluding hydrogens is 292 g/mol. The molecule has 21 heavy (non-hydrogen) atoms. The number of hydrogen-bond acceptors (Lipinski definition) is 8. The first-order valence-corrected chi connectivity index (χ1v) is 6.94. The second-order valence-corrected chi connectivity index (χ2v) is 4.57. The van der Waals surface area contributed by atoms with Crippen LogP contribution in [0, 0.1) is 0 Å². The molecule has 1 N–H and O–H groups in total. The average molecular weight is 306 g/mol. The van der Waals surface area contributed by atoms with Gasteiger partial charge in [-0.2, -0.15) is 5.10 Å². The van der Waals surface area contributed by atoms with Crippen LogP contribution >= 0.6 is 11.5 Å². The van der Waals surface area contributed by atoms with Crippen LogP contribution in [-0.2, 0) is 4.74 Å². The van der Waals surface area contributed by atoms with Crippen LogP contribution in [0.2, 0.25) is 0 Å². The Bertz CT molecular complexity index is 625. The lowest BCUT2D eigenvalue weighted by molar-refractivity contribution is 0.0520. The number of esters is 1. The van der Waals surface area contributed by atoms with E-state index in [1.54, 1.807) is 20.2 Å². The van der Waals surface area contributed by atoms with Crippen molar-refractivity contribution in [1.82, 2.24) is 9.59 Å². The number of methoxy groups -OCH3 is 1. The van der Waals surface area contributed by atoms with Crippen LogP contribution < -0.4 is 10.2 Å². The molecule has 0 radical (unpaired) electrons. The van der Waals surface area contributed by atoms with Crippen molar-refractivity contribution in [3.8, 4) is 5.75 Å². The summed E-state index contributed by atoms with van der Waals surface area (Å²) < 4.78 is 13.7. The average Bonchev–Trinajstić information content (AvgIpc) is 2.97. The van der Waals surface area contributed by atoms with Crippen molar-refractivity contribution in [2.75, 3.05) is 19.1 Å². The molecule has 1 heterocycles. The Hall–Kier alpha value is -2.48. The zero-order valence-electron chi connectivity index (χ0n) is 11.6. The van der Waals surface area contributed by atoms with Gasteiger partial charge in [-0.15, -0.1) is 5.10 Å². The summed E-state index contributed by atoms with van der Waals surface area (Å²) in [4.78, 5) is 11.6. The maximum atomic E-state index is 11.6. The minimum Gasteiger partial charge on any atom is -0.497 e. The van der Waals surface area contributed by atoms with Gasteiger partial charge in [-0.05, 0) is 36.8 Å². The molecule has 7 nitrogen and oxygen atoms in total. The van der Waals surface area contributed by atoms with E-state index in [0.29, 0.717) is 5.00 Å². The van der Waals surface area contributed by atoms with Gasteiger partial charge in [0.15, 0.2) is 5.00 Å². The standard InChI is InChI=1S/C13H14N4O3S/c1-3-20-13(18)11-12(21-17-15-11)16-14-8-9-4-6-10(19-2)7-5-9/h4-8,16H,3H2,1-2H3. The number of hydrogen-bond donors (Lipinski definition) is 1. The number of nitrogens with zero attached hydrogens (tertiary/aromatic N) is 3. The van der Waals surface area contributed by atoms with Gasteiger partial charge in [0.25, 0.3) is 0 Å². The summed E-state index contributed by atoms with van der Waals surface area (Å²) in [6, 6.07) is 7.39. The molecule has 0 aliphatic rings. The van der Waals surface area contributed by atoms with Gasteiger partial charge in [0.1, 0.15) is 5.75 Å². The van der Waals surface area contributed by atoms with E-state index in [4.69, 9.17) is 9.47 Å². The van der Waals surface area contributed by atoms with Crippen LogP contribution in [-0.4, -0.2) is 35.5 Å². The van der Waals surface area contributed by atoms with Crippen LogP contribution in [0.3, 0.4) is 0 Å².